The summed E-state index contributed by atoms with van der Waals surface area (Å²) < 4.78 is 14.0. The third kappa shape index (κ3) is 3.39. The van der Waals surface area contributed by atoms with Crippen LogP contribution in [0.5, 0.6) is 0 Å². The number of rotatable bonds is 2. The van der Waals surface area contributed by atoms with Gasteiger partial charge in [0.05, 0.1) is 17.4 Å². The first-order valence-corrected chi connectivity index (χ1v) is 10.3. The lowest BCUT2D eigenvalue weighted by atomic mass is 9.78. The summed E-state index contributed by atoms with van der Waals surface area (Å²) >= 11 is 0. The SMILES string of the molecule is Cc1ccc([C@@H]2CC(=O)C3=C(C2)Nc2ccccc2N[C@H]3c2cccc(F)c2)cc1. The van der Waals surface area contributed by atoms with E-state index in [0.29, 0.717) is 12.0 Å². The molecule has 2 atom stereocenters. The van der Waals surface area contributed by atoms with Gasteiger partial charge in [0.25, 0.3) is 0 Å². The number of para-hydroxylation sites is 2. The third-order valence-electron chi connectivity index (χ3n) is 6.04. The van der Waals surface area contributed by atoms with E-state index in [1.807, 2.05) is 30.3 Å². The molecule has 4 heteroatoms. The second-order valence-electron chi connectivity index (χ2n) is 8.13. The van der Waals surface area contributed by atoms with E-state index in [0.717, 1.165) is 29.1 Å². The maximum absolute atomic E-state index is 14.0. The second-order valence-corrected chi connectivity index (χ2v) is 8.13. The molecule has 0 saturated heterocycles. The summed E-state index contributed by atoms with van der Waals surface area (Å²) in [5.74, 6) is -0.0746. The van der Waals surface area contributed by atoms with Gasteiger partial charge in [-0.1, -0.05) is 54.1 Å². The predicted molar refractivity (Wildman–Crippen MR) is 118 cm³/mol. The number of anilines is 2. The number of benzene rings is 3. The zero-order chi connectivity index (χ0) is 20.7. The molecule has 0 unspecified atom stereocenters. The Labute approximate surface area is 175 Å². The van der Waals surface area contributed by atoms with E-state index in [-0.39, 0.29) is 17.5 Å². The predicted octanol–water partition coefficient (Wildman–Crippen LogP) is 6.11. The summed E-state index contributed by atoms with van der Waals surface area (Å²) in [5, 5.41) is 7.01. The van der Waals surface area contributed by atoms with Crippen molar-refractivity contribution in [2.24, 2.45) is 0 Å². The highest BCUT2D eigenvalue weighted by atomic mass is 19.1. The minimum atomic E-state index is -0.390. The molecule has 30 heavy (non-hydrogen) atoms. The van der Waals surface area contributed by atoms with Gasteiger partial charge in [-0.2, -0.15) is 0 Å². The number of halogens is 1. The smallest absolute Gasteiger partial charge is 0.163 e. The minimum absolute atomic E-state index is 0.101. The minimum Gasteiger partial charge on any atom is -0.372 e. The Kier molecular flexibility index (Phi) is 4.62. The van der Waals surface area contributed by atoms with Crippen molar-refractivity contribution in [3.8, 4) is 0 Å². The lowest BCUT2D eigenvalue weighted by Crippen LogP contribution is -2.26. The Bertz CT molecular complexity index is 1150. The maximum Gasteiger partial charge on any atom is 0.163 e. The van der Waals surface area contributed by atoms with Gasteiger partial charge < -0.3 is 10.6 Å². The average Bonchev–Trinajstić information content (AvgIpc) is 2.91. The quantitative estimate of drug-likeness (QED) is 0.547. The van der Waals surface area contributed by atoms with Crippen molar-refractivity contribution in [3.05, 3.63) is 107 Å². The lowest BCUT2D eigenvalue weighted by Gasteiger charge is -2.30. The van der Waals surface area contributed by atoms with Crippen LogP contribution >= 0.6 is 0 Å². The van der Waals surface area contributed by atoms with Gasteiger partial charge in [0.1, 0.15) is 5.82 Å². The van der Waals surface area contributed by atoms with Crippen molar-refractivity contribution in [3.63, 3.8) is 0 Å². The molecule has 0 saturated carbocycles. The van der Waals surface area contributed by atoms with E-state index < -0.39 is 6.04 Å². The van der Waals surface area contributed by atoms with Crippen molar-refractivity contribution < 1.29 is 9.18 Å². The summed E-state index contributed by atoms with van der Waals surface area (Å²) in [6.07, 6.45) is 1.19. The van der Waals surface area contributed by atoms with Gasteiger partial charge in [-0.05, 0) is 54.7 Å². The molecule has 0 amide bonds. The number of hydrogen-bond acceptors (Lipinski definition) is 3. The first-order valence-electron chi connectivity index (χ1n) is 10.3. The molecule has 2 N–H and O–H groups in total. The van der Waals surface area contributed by atoms with E-state index in [9.17, 15) is 9.18 Å². The van der Waals surface area contributed by atoms with Crippen LogP contribution in [0.1, 0.15) is 41.5 Å². The van der Waals surface area contributed by atoms with Gasteiger partial charge >= 0.3 is 0 Å². The molecular formula is C26H23FN2O. The molecule has 3 nitrogen and oxygen atoms in total. The van der Waals surface area contributed by atoms with Gasteiger partial charge in [0.15, 0.2) is 5.78 Å². The number of nitrogens with one attached hydrogen (secondary N) is 2. The highest BCUT2D eigenvalue weighted by Gasteiger charge is 2.36. The molecule has 0 aromatic heterocycles. The van der Waals surface area contributed by atoms with Gasteiger partial charge in [-0.3, -0.25) is 4.79 Å². The average molecular weight is 398 g/mol. The Balaban J connectivity index is 1.61. The molecule has 0 spiro atoms. The molecule has 1 heterocycles. The summed E-state index contributed by atoms with van der Waals surface area (Å²) in [6.45, 7) is 2.06. The van der Waals surface area contributed by atoms with Crippen molar-refractivity contribution >= 4 is 17.2 Å². The fraction of sp³-hybridized carbons (Fsp3) is 0.192. The molecular weight excluding hydrogens is 375 g/mol. The summed E-state index contributed by atoms with van der Waals surface area (Å²) in [6, 6.07) is 22.4. The van der Waals surface area contributed by atoms with Crippen LogP contribution in [0.3, 0.4) is 0 Å². The lowest BCUT2D eigenvalue weighted by molar-refractivity contribution is -0.116. The fourth-order valence-electron chi connectivity index (χ4n) is 4.50. The van der Waals surface area contributed by atoms with Crippen LogP contribution in [0.25, 0.3) is 0 Å². The van der Waals surface area contributed by atoms with Crippen LogP contribution in [0.4, 0.5) is 15.8 Å². The molecule has 1 aliphatic carbocycles. The van der Waals surface area contributed by atoms with E-state index >= 15 is 0 Å². The van der Waals surface area contributed by atoms with Crippen molar-refractivity contribution in [2.75, 3.05) is 10.6 Å². The van der Waals surface area contributed by atoms with Crippen LogP contribution in [-0.2, 0) is 4.79 Å². The monoisotopic (exact) mass is 398 g/mol. The standard InChI is InChI=1S/C26H23FN2O/c1-16-9-11-17(12-10-16)19-14-23-25(24(30)15-19)26(18-5-4-6-20(27)13-18)29-22-8-3-2-7-21(22)28-23/h2-13,19,26,28-29H,14-15H2,1H3/t19-,26-/m0/s1. The van der Waals surface area contributed by atoms with Crippen LogP contribution in [0.2, 0.25) is 0 Å². The molecule has 3 aromatic rings. The van der Waals surface area contributed by atoms with Gasteiger partial charge in [0, 0.05) is 17.7 Å². The first kappa shape index (κ1) is 18.6. The van der Waals surface area contributed by atoms with E-state index in [4.69, 9.17) is 0 Å². The Hall–Kier alpha value is -3.40. The number of ketones is 1. The Morgan fingerprint density at radius 1 is 0.867 bits per heavy atom. The summed E-state index contributed by atoms with van der Waals surface area (Å²) in [7, 11) is 0. The van der Waals surface area contributed by atoms with E-state index in [2.05, 4.69) is 41.8 Å². The molecule has 1 aliphatic heterocycles. The van der Waals surface area contributed by atoms with Crippen LogP contribution in [-0.4, -0.2) is 5.78 Å². The molecule has 2 aliphatic rings. The van der Waals surface area contributed by atoms with Crippen molar-refractivity contribution in [1.82, 2.24) is 0 Å². The van der Waals surface area contributed by atoms with Crippen molar-refractivity contribution in [1.29, 1.82) is 0 Å². The third-order valence-corrected chi connectivity index (χ3v) is 6.04. The van der Waals surface area contributed by atoms with Gasteiger partial charge in [0.2, 0.25) is 0 Å². The van der Waals surface area contributed by atoms with Crippen LogP contribution in [0.15, 0.2) is 84.1 Å². The highest BCUT2D eigenvalue weighted by molar-refractivity contribution is 6.01. The van der Waals surface area contributed by atoms with Gasteiger partial charge in [-0.25, -0.2) is 4.39 Å². The maximum atomic E-state index is 14.0. The van der Waals surface area contributed by atoms with E-state index in [1.165, 1.54) is 23.3 Å². The van der Waals surface area contributed by atoms with Crippen LogP contribution in [0, 0.1) is 12.7 Å². The molecule has 0 radical (unpaired) electrons. The molecule has 5 rings (SSSR count). The molecule has 150 valence electrons. The Morgan fingerprint density at radius 2 is 1.63 bits per heavy atom. The number of hydrogen-bond donors (Lipinski definition) is 2. The zero-order valence-electron chi connectivity index (χ0n) is 16.8. The number of allylic oxidation sites excluding steroid dienone is 1. The number of carbonyl (C=O) groups is 1. The highest BCUT2D eigenvalue weighted by Crippen LogP contribution is 2.44. The molecule has 0 fully saturated rings. The summed E-state index contributed by atoms with van der Waals surface area (Å²) in [4.78, 5) is 13.4. The normalized spacial score (nSPS) is 20.5. The number of aryl methyl sites for hydroxylation is 1. The van der Waals surface area contributed by atoms with E-state index in [1.54, 1.807) is 6.07 Å². The molecule has 3 aromatic carbocycles. The number of carbonyl (C=O) groups excluding carboxylic acids is 1. The zero-order valence-corrected chi connectivity index (χ0v) is 16.8. The second kappa shape index (κ2) is 7.45. The first-order chi connectivity index (χ1) is 14.6. The van der Waals surface area contributed by atoms with Crippen molar-refractivity contribution in [2.45, 2.75) is 31.7 Å². The molecule has 0 bridgehead atoms. The number of Topliss-reactive ketones (excluding diaryl/α,β-unsaturated/α-hetero) is 1. The number of fused-ring (bicyclic) bond motifs is 1. The topological polar surface area (TPSA) is 41.1 Å². The Morgan fingerprint density at radius 3 is 2.40 bits per heavy atom. The summed E-state index contributed by atoms with van der Waals surface area (Å²) in [5.41, 5.74) is 6.60. The largest absolute Gasteiger partial charge is 0.372 e. The van der Waals surface area contributed by atoms with Gasteiger partial charge in [-0.15, -0.1) is 0 Å². The fourth-order valence-corrected chi connectivity index (χ4v) is 4.50. The van der Waals surface area contributed by atoms with Crippen LogP contribution < -0.4 is 10.6 Å².